The SMILES string of the molecule is CCS(=O)(=O)CC(C)Nc1ccccc1N1CCCCC1. The molecule has 1 fully saturated rings. The van der Waals surface area contributed by atoms with Crippen molar-refractivity contribution in [2.75, 3.05) is 34.8 Å². The summed E-state index contributed by atoms with van der Waals surface area (Å²) in [5.41, 5.74) is 2.23. The Bertz CT molecular complexity index is 551. The van der Waals surface area contributed by atoms with Crippen LogP contribution in [-0.4, -0.2) is 39.1 Å². The molecule has 0 amide bonds. The first kappa shape index (κ1) is 16.1. The molecule has 1 unspecified atom stereocenters. The maximum Gasteiger partial charge on any atom is 0.152 e. The largest absolute Gasteiger partial charge is 0.380 e. The number of sulfone groups is 1. The number of para-hydroxylation sites is 2. The van der Waals surface area contributed by atoms with E-state index in [0.717, 1.165) is 18.8 Å². The molecule has 0 aromatic heterocycles. The summed E-state index contributed by atoms with van der Waals surface area (Å²) in [7, 11) is -2.95. The third kappa shape index (κ3) is 4.63. The third-order valence-corrected chi connectivity index (χ3v) is 5.83. The summed E-state index contributed by atoms with van der Waals surface area (Å²) in [4.78, 5) is 2.40. The van der Waals surface area contributed by atoms with Crippen LogP contribution in [0.25, 0.3) is 0 Å². The highest BCUT2D eigenvalue weighted by atomic mass is 32.2. The number of nitrogens with zero attached hydrogens (tertiary/aromatic N) is 1. The summed E-state index contributed by atoms with van der Waals surface area (Å²) in [6.07, 6.45) is 3.76. The highest BCUT2D eigenvalue weighted by molar-refractivity contribution is 7.91. The third-order valence-electron chi connectivity index (χ3n) is 3.95. The molecular weight excluding hydrogens is 284 g/mol. The average Bonchev–Trinajstić information content (AvgIpc) is 2.48. The number of piperidine rings is 1. The lowest BCUT2D eigenvalue weighted by Gasteiger charge is -2.31. The monoisotopic (exact) mass is 310 g/mol. The Morgan fingerprint density at radius 2 is 1.86 bits per heavy atom. The lowest BCUT2D eigenvalue weighted by atomic mass is 10.1. The highest BCUT2D eigenvalue weighted by Crippen LogP contribution is 2.28. The van der Waals surface area contributed by atoms with Gasteiger partial charge in [0.1, 0.15) is 0 Å². The second-order valence-corrected chi connectivity index (χ2v) is 8.21. The molecule has 1 atom stereocenters. The molecule has 5 heteroatoms. The maximum atomic E-state index is 11.7. The molecule has 0 spiro atoms. The molecule has 0 aliphatic carbocycles. The van der Waals surface area contributed by atoms with Gasteiger partial charge in [-0.15, -0.1) is 0 Å². The van der Waals surface area contributed by atoms with Crippen molar-refractivity contribution in [2.45, 2.75) is 39.2 Å². The van der Waals surface area contributed by atoms with E-state index in [0.29, 0.717) is 0 Å². The number of benzene rings is 1. The predicted octanol–water partition coefficient (Wildman–Crippen LogP) is 2.91. The number of anilines is 2. The minimum absolute atomic E-state index is 0.0825. The van der Waals surface area contributed by atoms with Gasteiger partial charge in [-0.05, 0) is 38.3 Å². The number of nitrogens with one attached hydrogen (secondary N) is 1. The Kier molecular flexibility index (Phi) is 5.51. The Morgan fingerprint density at radius 3 is 2.52 bits per heavy atom. The summed E-state index contributed by atoms with van der Waals surface area (Å²) in [5.74, 6) is 0.380. The van der Waals surface area contributed by atoms with Crippen molar-refractivity contribution in [3.63, 3.8) is 0 Å². The molecule has 1 aliphatic rings. The molecule has 0 radical (unpaired) electrons. The van der Waals surface area contributed by atoms with Crippen LogP contribution in [0.1, 0.15) is 33.1 Å². The topological polar surface area (TPSA) is 49.4 Å². The first-order valence-corrected chi connectivity index (χ1v) is 9.65. The molecule has 1 aromatic rings. The molecule has 0 saturated carbocycles. The van der Waals surface area contributed by atoms with E-state index in [-0.39, 0.29) is 17.5 Å². The van der Waals surface area contributed by atoms with Crippen molar-refractivity contribution in [2.24, 2.45) is 0 Å². The second kappa shape index (κ2) is 7.16. The fourth-order valence-corrected chi connectivity index (χ4v) is 3.89. The van der Waals surface area contributed by atoms with E-state index in [9.17, 15) is 8.42 Å². The van der Waals surface area contributed by atoms with Gasteiger partial charge in [-0.1, -0.05) is 19.1 Å². The van der Waals surface area contributed by atoms with Gasteiger partial charge in [0, 0.05) is 24.9 Å². The van der Waals surface area contributed by atoms with Crippen molar-refractivity contribution in [3.05, 3.63) is 24.3 Å². The Morgan fingerprint density at radius 1 is 1.19 bits per heavy atom. The molecule has 2 rings (SSSR count). The summed E-state index contributed by atoms with van der Waals surface area (Å²) in [6.45, 7) is 5.80. The van der Waals surface area contributed by atoms with E-state index in [4.69, 9.17) is 0 Å². The summed E-state index contributed by atoms with van der Waals surface area (Å²) in [5, 5.41) is 3.38. The second-order valence-electron chi connectivity index (χ2n) is 5.81. The zero-order valence-electron chi connectivity index (χ0n) is 13.0. The molecule has 1 heterocycles. The lowest BCUT2D eigenvalue weighted by Crippen LogP contribution is -2.32. The van der Waals surface area contributed by atoms with E-state index < -0.39 is 9.84 Å². The number of hydrogen-bond donors (Lipinski definition) is 1. The van der Waals surface area contributed by atoms with Gasteiger partial charge in [0.05, 0.1) is 17.1 Å². The molecule has 4 nitrogen and oxygen atoms in total. The smallest absolute Gasteiger partial charge is 0.152 e. The van der Waals surface area contributed by atoms with Crippen LogP contribution in [-0.2, 0) is 9.84 Å². The first-order chi connectivity index (χ1) is 10.0. The molecule has 21 heavy (non-hydrogen) atoms. The van der Waals surface area contributed by atoms with Gasteiger partial charge in [0.2, 0.25) is 0 Å². The zero-order valence-corrected chi connectivity index (χ0v) is 13.8. The van der Waals surface area contributed by atoms with Crippen LogP contribution in [0.5, 0.6) is 0 Å². The van der Waals surface area contributed by atoms with Crippen LogP contribution in [0.15, 0.2) is 24.3 Å². The fraction of sp³-hybridized carbons (Fsp3) is 0.625. The normalized spacial score (nSPS) is 17.5. The van der Waals surface area contributed by atoms with Crippen LogP contribution >= 0.6 is 0 Å². The Labute approximate surface area is 128 Å². The first-order valence-electron chi connectivity index (χ1n) is 7.83. The van der Waals surface area contributed by atoms with Gasteiger partial charge >= 0.3 is 0 Å². The van der Waals surface area contributed by atoms with Crippen LogP contribution in [0.3, 0.4) is 0 Å². The van der Waals surface area contributed by atoms with Crippen LogP contribution < -0.4 is 10.2 Å². The van der Waals surface area contributed by atoms with E-state index in [2.05, 4.69) is 16.3 Å². The zero-order chi connectivity index (χ0) is 15.3. The van der Waals surface area contributed by atoms with Crippen molar-refractivity contribution in [1.29, 1.82) is 0 Å². The summed E-state index contributed by atoms with van der Waals surface area (Å²) < 4.78 is 23.5. The van der Waals surface area contributed by atoms with Crippen molar-refractivity contribution in [1.82, 2.24) is 0 Å². The molecule has 1 aliphatic heterocycles. The molecule has 1 saturated heterocycles. The van der Waals surface area contributed by atoms with E-state index in [1.165, 1.54) is 24.9 Å². The van der Waals surface area contributed by atoms with Crippen LogP contribution in [0.2, 0.25) is 0 Å². The molecule has 0 bridgehead atoms. The summed E-state index contributed by atoms with van der Waals surface area (Å²) in [6, 6.07) is 8.12. The van der Waals surface area contributed by atoms with E-state index >= 15 is 0 Å². The van der Waals surface area contributed by atoms with Crippen molar-refractivity contribution < 1.29 is 8.42 Å². The van der Waals surface area contributed by atoms with E-state index in [1.54, 1.807) is 6.92 Å². The predicted molar refractivity (Wildman–Crippen MR) is 89.9 cm³/mol. The Hall–Kier alpha value is -1.23. The van der Waals surface area contributed by atoms with Gasteiger partial charge in [0.25, 0.3) is 0 Å². The van der Waals surface area contributed by atoms with Gasteiger partial charge < -0.3 is 10.2 Å². The van der Waals surface area contributed by atoms with Gasteiger partial charge in [-0.3, -0.25) is 0 Å². The fourth-order valence-electron chi connectivity index (χ4n) is 2.81. The number of hydrogen-bond acceptors (Lipinski definition) is 4. The van der Waals surface area contributed by atoms with Crippen molar-refractivity contribution in [3.8, 4) is 0 Å². The molecule has 1 N–H and O–H groups in total. The van der Waals surface area contributed by atoms with Gasteiger partial charge in [0.15, 0.2) is 9.84 Å². The van der Waals surface area contributed by atoms with E-state index in [1.807, 2.05) is 25.1 Å². The molecule has 118 valence electrons. The van der Waals surface area contributed by atoms with Crippen LogP contribution in [0, 0.1) is 0 Å². The summed E-state index contributed by atoms with van der Waals surface area (Å²) >= 11 is 0. The van der Waals surface area contributed by atoms with Gasteiger partial charge in [-0.2, -0.15) is 0 Å². The standard InChI is InChI=1S/C16H26N2O2S/c1-3-21(19,20)13-14(2)17-15-9-5-6-10-16(15)18-11-7-4-8-12-18/h5-6,9-10,14,17H,3-4,7-8,11-13H2,1-2H3. The van der Waals surface area contributed by atoms with Gasteiger partial charge in [-0.25, -0.2) is 8.42 Å². The maximum absolute atomic E-state index is 11.7. The van der Waals surface area contributed by atoms with Crippen molar-refractivity contribution >= 4 is 21.2 Å². The quantitative estimate of drug-likeness (QED) is 0.878. The molecule has 1 aromatic carbocycles. The average molecular weight is 310 g/mol. The minimum atomic E-state index is -2.95. The molecular formula is C16H26N2O2S. The highest BCUT2D eigenvalue weighted by Gasteiger charge is 2.17. The minimum Gasteiger partial charge on any atom is -0.380 e. The van der Waals surface area contributed by atoms with Crippen LogP contribution in [0.4, 0.5) is 11.4 Å². The number of rotatable bonds is 6. The Balaban J connectivity index is 2.09. The lowest BCUT2D eigenvalue weighted by molar-refractivity contribution is 0.578.